The van der Waals surface area contributed by atoms with Gasteiger partial charge in [0, 0.05) is 23.7 Å². The Hall–Kier alpha value is -2.18. The van der Waals surface area contributed by atoms with Crippen molar-refractivity contribution in [2.24, 2.45) is 0 Å². The van der Waals surface area contributed by atoms with Gasteiger partial charge in [-0.05, 0) is 44.2 Å². The molecular weight excluding hydrogens is 328 g/mol. The third-order valence-corrected chi connectivity index (χ3v) is 4.70. The van der Waals surface area contributed by atoms with E-state index in [1.54, 1.807) is 13.0 Å². The number of likely N-dealkylation sites (tertiary alicyclic amines) is 1. The normalized spacial score (nSPS) is 21.0. The Bertz CT molecular complexity index is 751. The van der Waals surface area contributed by atoms with Crippen LogP contribution < -0.4 is 5.32 Å². The number of anilines is 1. The smallest absolute Gasteiger partial charge is 0.290 e. The molecule has 0 aliphatic carbocycles. The first kappa shape index (κ1) is 16.7. The summed E-state index contributed by atoms with van der Waals surface area (Å²) in [6.45, 7) is 2.62. The number of rotatable bonds is 4. The zero-order chi connectivity index (χ0) is 17.3. The van der Waals surface area contributed by atoms with Gasteiger partial charge in [-0.2, -0.15) is 0 Å². The maximum atomic E-state index is 10.9. The number of benzene rings is 1. The summed E-state index contributed by atoms with van der Waals surface area (Å²) >= 11 is 5.98. The molecule has 1 aromatic carbocycles. The molecule has 0 saturated carbocycles. The van der Waals surface area contributed by atoms with Crippen LogP contribution in [-0.2, 0) is 0 Å². The van der Waals surface area contributed by atoms with Crippen LogP contribution in [0.3, 0.4) is 0 Å². The Kier molecular flexibility index (Phi) is 4.69. The van der Waals surface area contributed by atoms with Crippen LogP contribution in [0.25, 0.3) is 0 Å². The largest absolute Gasteiger partial charge is 0.365 e. The number of hydrogen-bond acceptors (Lipinski definition) is 5. The van der Waals surface area contributed by atoms with Crippen LogP contribution in [-0.4, -0.2) is 34.4 Å². The molecule has 1 fully saturated rings. The fourth-order valence-corrected chi connectivity index (χ4v) is 3.39. The van der Waals surface area contributed by atoms with Crippen molar-refractivity contribution in [3.8, 4) is 0 Å². The van der Waals surface area contributed by atoms with Gasteiger partial charge in [-0.1, -0.05) is 23.7 Å². The summed E-state index contributed by atoms with van der Waals surface area (Å²) in [6, 6.07) is 11.4. The molecule has 6 nitrogen and oxygen atoms in total. The highest BCUT2D eigenvalue weighted by Crippen LogP contribution is 2.33. The van der Waals surface area contributed by atoms with Crippen molar-refractivity contribution in [3.63, 3.8) is 0 Å². The van der Waals surface area contributed by atoms with Crippen LogP contribution in [0, 0.1) is 17.0 Å². The third kappa shape index (κ3) is 3.34. The van der Waals surface area contributed by atoms with Gasteiger partial charge in [0.15, 0.2) is 0 Å². The van der Waals surface area contributed by atoms with E-state index in [2.05, 4.69) is 22.2 Å². The van der Waals surface area contributed by atoms with E-state index in [0.717, 1.165) is 18.0 Å². The average molecular weight is 347 g/mol. The molecule has 1 N–H and O–H groups in total. The van der Waals surface area contributed by atoms with Gasteiger partial charge in [-0.3, -0.25) is 15.0 Å². The van der Waals surface area contributed by atoms with E-state index in [-0.39, 0.29) is 17.8 Å². The van der Waals surface area contributed by atoms with E-state index in [9.17, 15) is 10.1 Å². The Morgan fingerprint density at radius 2 is 2.00 bits per heavy atom. The Labute approximate surface area is 145 Å². The SMILES string of the molecule is Cc1nc(NC2CCN(C)C2c2ccc(Cl)cc2)ccc1[N+](=O)[O-]. The summed E-state index contributed by atoms with van der Waals surface area (Å²) in [5.74, 6) is 0.664. The minimum atomic E-state index is -0.411. The van der Waals surface area contributed by atoms with Crippen molar-refractivity contribution in [2.75, 3.05) is 18.9 Å². The zero-order valence-electron chi connectivity index (χ0n) is 13.6. The Morgan fingerprint density at radius 3 is 2.62 bits per heavy atom. The number of halogens is 1. The molecule has 2 unspecified atom stereocenters. The lowest BCUT2D eigenvalue weighted by Crippen LogP contribution is -2.29. The molecule has 7 heteroatoms. The van der Waals surface area contributed by atoms with Crippen molar-refractivity contribution in [3.05, 3.63) is 62.8 Å². The van der Waals surface area contributed by atoms with E-state index in [1.807, 2.05) is 24.3 Å². The second-order valence-electron chi connectivity index (χ2n) is 6.07. The van der Waals surface area contributed by atoms with Crippen LogP contribution in [0.5, 0.6) is 0 Å². The van der Waals surface area contributed by atoms with Crippen molar-refractivity contribution >= 4 is 23.1 Å². The molecule has 2 atom stereocenters. The first-order chi connectivity index (χ1) is 11.5. The number of nitrogens with zero attached hydrogens (tertiary/aromatic N) is 3. The first-order valence-electron chi connectivity index (χ1n) is 7.80. The molecule has 126 valence electrons. The molecular formula is C17H19ClN4O2. The van der Waals surface area contributed by atoms with Crippen LogP contribution in [0.4, 0.5) is 11.5 Å². The molecule has 2 heterocycles. The second-order valence-corrected chi connectivity index (χ2v) is 6.51. The molecule has 1 aliphatic heterocycles. The number of hydrogen-bond donors (Lipinski definition) is 1. The summed E-state index contributed by atoms with van der Waals surface area (Å²) in [7, 11) is 2.09. The molecule has 0 spiro atoms. The fourth-order valence-electron chi connectivity index (χ4n) is 3.26. The molecule has 24 heavy (non-hydrogen) atoms. The third-order valence-electron chi connectivity index (χ3n) is 4.45. The van der Waals surface area contributed by atoms with E-state index in [4.69, 9.17) is 11.6 Å². The number of pyridine rings is 1. The minimum Gasteiger partial charge on any atom is -0.365 e. The van der Waals surface area contributed by atoms with Gasteiger partial charge >= 0.3 is 0 Å². The monoisotopic (exact) mass is 346 g/mol. The standard InChI is InChI=1S/C17H19ClN4O2/c1-11-15(22(23)24)7-8-16(19-11)20-14-9-10-21(2)17(14)12-3-5-13(18)6-4-12/h3-8,14,17H,9-10H2,1-2H3,(H,19,20). The number of nitrogens with one attached hydrogen (secondary N) is 1. The first-order valence-corrected chi connectivity index (χ1v) is 8.18. The van der Waals surface area contributed by atoms with E-state index in [0.29, 0.717) is 11.5 Å². The molecule has 2 aromatic rings. The molecule has 1 aliphatic rings. The van der Waals surface area contributed by atoms with Crippen LogP contribution in [0.2, 0.25) is 5.02 Å². The predicted molar refractivity (Wildman–Crippen MR) is 94.5 cm³/mol. The lowest BCUT2D eigenvalue weighted by atomic mass is 10.0. The molecule has 3 rings (SSSR count). The van der Waals surface area contributed by atoms with E-state index < -0.39 is 4.92 Å². The molecule has 1 aromatic heterocycles. The van der Waals surface area contributed by atoms with E-state index >= 15 is 0 Å². The molecule has 0 amide bonds. The number of nitro groups is 1. The zero-order valence-corrected chi connectivity index (χ0v) is 14.3. The molecule has 1 saturated heterocycles. The quantitative estimate of drug-likeness (QED) is 0.673. The summed E-state index contributed by atoms with van der Waals surface area (Å²) < 4.78 is 0. The van der Waals surface area contributed by atoms with Gasteiger partial charge in [-0.15, -0.1) is 0 Å². The number of aromatic nitrogens is 1. The molecule has 0 bridgehead atoms. The van der Waals surface area contributed by atoms with Crippen molar-refractivity contribution in [1.29, 1.82) is 0 Å². The second kappa shape index (κ2) is 6.75. The summed E-state index contributed by atoms with van der Waals surface area (Å²) in [4.78, 5) is 17.1. The lowest BCUT2D eigenvalue weighted by Gasteiger charge is -2.26. The van der Waals surface area contributed by atoms with Gasteiger partial charge < -0.3 is 5.32 Å². The highest BCUT2D eigenvalue weighted by Gasteiger charge is 2.33. The summed E-state index contributed by atoms with van der Waals surface area (Å²) in [6.07, 6.45) is 0.974. The van der Waals surface area contributed by atoms with Crippen LogP contribution >= 0.6 is 11.6 Å². The van der Waals surface area contributed by atoms with Crippen LogP contribution in [0.1, 0.15) is 23.7 Å². The van der Waals surface area contributed by atoms with Crippen LogP contribution in [0.15, 0.2) is 36.4 Å². The van der Waals surface area contributed by atoms with Crippen molar-refractivity contribution in [2.45, 2.75) is 25.4 Å². The maximum absolute atomic E-state index is 10.9. The van der Waals surface area contributed by atoms with Gasteiger partial charge in [0.05, 0.1) is 11.0 Å². The minimum absolute atomic E-state index is 0.0401. The highest BCUT2D eigenvalue weighted by atomic mass is 35.5. The van der Waals surface area contributed by atoms with Crippen molar-refractivity contribution in [1.82, 2.24) is 9.88 Å². The van der Waals surface area contributed by atoms with Gasteiger partial charge in [0.2, 0.25) is 0 Å². The van der Waals surface area contributed by atoms with Gasteiger partial charge in [-0.25, -0.2) is 4.98 Å². The number of aryl methyl sites for hydroxylation is 1. The highest BCUT2D eigenvalue weighted by molar-refractivity contribution is 6.30. The summed E-state index contributed by atoms with van der Waals surface area (Å²) in [5, 5.41) is 15.1. The maximum Gasteiger partial charge on any atom is 0.290 e. The van der Waals surface area contributed by atoms with Gasteiger partial charge in [0.1, 0.15) is 11.5 Å². The Morgan fingerprint density at radius 1 is 1.29 bits per heavy atom. The van der Waals surface area contributed by atoms with Gasteiger partial charge in [0.25, 0.3) is 5.69 Å². The fraction of sp³-hybridized carbons (Fsp3) is 0.353. The average Bonchev–Trinajstić information content (AvgIpc) is 2.89. The topological polar surface area (TPSA) is 71.3 Å². The summed E-state index contributed by atoms with van der Waals surface area (Å²) in [5.41, 5.74) is 1.65. The van der Waals surface area contributed by atoms with E-state index in [1.165, 1.54) is 11.6 Å². The lowest BCUT2D eigenvalue weighted by molar-refractivity contribution is -0.385. The molecule has 0 radical (unpaired) electrons. The Balaban J connectivity index is 1.82. The predicted octanol–water partition coefficient (Wildman–Crippen LogP) is 3.81. The van der Waals surface area contributed by atoms with Crippen molar-refractivity contribution < 1.29 is 4.92 Å². The number of likely N-dealkylation sites (N-methyl/N-ethyl adjacent to an activating group) is 1.